The summed E-state index contributed by atoms with van der Waals surface area (Å²) in [6, 6.07) is 7.70. The molecule has 1 aliphatic rings. The van der Waals surface area contributed by atoms with E-state index >= 15 is 0 Å². The number of hydrogen-bond donors (Lipinski definition) is 2. The molecule has 0 radical (unpaired) electrons. The Morgan fingerprint density at radius 3 is 2.87 bits per heavy atom. The molecule has 0 unspecified atom stereocenters. The second-order valence-electron chi connectivity index (χ2n) is 6.04. The van der Waals surface area contributed by atoms with Crippen molar-refractivity contribution in [3.63, 3.8) is 0 Å². The van der Waals surface area contributed by atoms with Gasteiger partial charge in [-0.1, -0.05) is 45.4 Å². The molecule has 0 saturated carbocycles. The SMILES string of the molecule is CCCCOc1cccc(CN2C(=N)N/C(=C\C(C)C)C2=O)c1. The maximum Gasteiger partial charge on any atom is 0.277 e. The van der Waals surface area contributed by atoms with Gasteiger partial charge in [0.25, 0.3) is 5.91 Å². The lowest BCUT2D eigenvalue weighted by molar-refractivity contribution is -0.122. The van der Waals surface area contributed by atoms with Gasteiger partial charge in [0.1, 0.15) is 11.4 Å². The minimum Gasteiger partial charge on any atom is -0.494 e. The summed E-state index contributed by atoms with van der Waals surface area (Å²) in [6.45, 7) is 7.20. The van der Waals surface area contributed by atoms with Gasteiger partial charge in [0.05, 0.1) is 13.2 Å². The number of carbonyl (C=O) groups excluding carboxylic acids is 1. The molecular weight excluding hydrogens is 290 g/mol. The van der Waals surface area contributed by atoms with E-state index in [4.69, 9.17) is 10.1 Å². The Morgan fingerprint density at radius 1 is 1.39 bits per heavy atom. The van der Waals surface area contributed by atoms with Crippen LogP contribution in [0.3, 0.4) is 0 Å². The van der Waals surface area contributed by atoms with E-state index in [1.54, 1.807) is 0 Å². The molecule has 1 saturated heterocycles. The monoisotopic (exact) mass is 315 g/mol. The number of nitrogens with zero attached hydrogens (tertiary/aromatic N) is 1. The van der Waals surface area contributed by atoms with E-state index in [9.17, 15) is 4.79 Å². The van der Waals surface area contributed by atoms with Crippen LogP contribution in [0.15, 0.2) is 36.0 Å². The van der Waals surface area contributed by atoms with E-state index in [2.05, 4.69) is 12.2 Å². The molecule has 1 aromatic rings. The van der Waals surface area contributed by atoms with Crippen molar-refractivity contribution in [1.29, 1.82) is 5.41 Å². The lowest BCUT2D eigenvalue weighted by atomic mass is 10.1. The van der Waals surface area contributed by atoms with Gasteiger partial charge in [-0.25, -0.2) is 0 Å². The molecular formula is C18H25N3O2. The van der Waals surface area contributed by atoms with E-state index in [0.717, 1.165) is 24.2 Å². The highest BCUT2D eigenvalue weighted by Gasteiger charge is 2.30. The molecule has 0 atom stereocenters. The van der Waals surface area contributed by atoms with E-state index in [1.807, 2.05) is 44.2 Å². The third-order valence-corrected chi connectivity index (χ3v) is 3.50. The van der Waals surface area contributed by atoms with Crippen LogP contribution in [0.25, 0.3) is 0 Å². The summed E-state index contributed by atoms with van der Waals surface area (Å²) in [4.78, 5) is 13.8. The molecule has 1 heterocycles. The van der Waals surface area contributed by atoms with Crippen LogP contribution >= 0.6 is 0 Å². The Labute approximate surface area is 137 Å². The molecule has 0 bridgehead atoms. The highest BCUT2D eigenvalue weighted by Crippen LogP contribution is 2.19. The molecule has 1 aliphatic heterocycles. The van der Waals surface area contributed by atoms with Gasteiger partial charge >= 0.3 is 0 Å². The van der Waals surface area contributed by atoms with Gasteiger partial charge in [-0.05, 0) is 30.0 Å². The minimum atomic E-state index is -0.152. The molecule has 124 valence electrons. The van der Waals surface area contributed by atoms with Gasteiger partial charge in [0.15, 0.2) is 0 Å². The first kappa shape index (κ1) is 17.1. The minimum absolute atomic E-state index is 0.124. The number of nitrogens with one attached hydrogen (secondary N) is 2. The average Bonchev–Trinajstić information content (AvgIpc) is 2.75. The number of unbranched alkanes of at least 4 members (excludes halogenated alkanes) is 1. The number of allylic oxidation sites excluding steroid dienone is 1. The van der Waals surface area contributed by atoms with Crippen LogP contribution in [0, 0.1) is 11.3 Å². The van der Waals surface area contributed by atoms with E-state index in [-0.39, 0.29) is 17.8 Å². The van der Waals surface area contributed by atoms with Gasteiger partial charge in [-0.15, -0.1) is 0 Å². The van der Waals surface area contributed by atoms with Crippen molar-refractivity contribution in [3.8, 4) is 5.75 Å². The van der Waals surface area contributed by atoms with Crippen molar-refractivity contribution in [1.82, 2.24) is 10.2 Å². The van der Waals surface area contributed by atoms with Crippen LogP contribution in [0.1, 0.15) is 39.2 Å². The number of rotatable bonds is 7. The number of amides is 1. The van der Waals surface area contributed by atoms with Crippen LogP contribution in [-0.4, -0.2) is 23.4 Å². The van der Waals surface area contributed by atoms with Crippen molar-refractivity contribution in [2.75, 3.05) is 6.61 Å². The first-order chi connectivity index (χ1) is 11.0. The van der Waals surface area contributed by atoms with Crippen molar-refractivity contribution < 1.29 is 9.53 Å². The van der Waals surface area contributed by atoms with Gasteiger partial charge in [-0.3, -0.25) is 15.1 Å². The first-order valence-corrected chi connectivity index (χ1v) is 8.12. The van der Waals surface area contributed by atoms with Gasteiger partial charge in [-0.2, -0.15) is 0 Å². The Kier molecular flexibility index (Phi) is 5.79. The predicted octanol–water partition coefficient (Wildman–Crippen LogP) is 3.27. The Bertz CT molecular complexity index is 608. The van der Waals surface area contributed by atoms with Gasteiger partial charge < -0.3 is 10.1 Å². The van der Waals surface area contributed by atoms with Gasteiger partial charge in [0, 0.05) is 0 Å². The number of ether oxygens (including phenoxy) is 1. The largest absolute Gasteiger partial charge is 0.494 e. The molecule has 23 heavy (non-hydrogen) atoms. The number of guanidine groups is 1. The number of carbonyl (C=O) groups is 1. The molecule has 1 fully saturated rings. The maximum atomic E-state index is 12.4. The third kappa shape index (κ3) is 4.58. The highest BCUT2D eigenvalue weighted by molar-refractivity contribution is 6.12. The van der Waals surface area contributed by atoms with E-state index in [1.165, 1.54) is 4.90 Å². The van der Waals surface area contributed by atoms with Crippen LogP contribution in [0.5, 0.6) is 5.75 Å². The average molecular weight is 315 g/mol. The number of hydrogen-bond acceptors (Lipinski definition) is 3. The number of benzene rings is 1. The lowest BCUT2D eigenvalue weighted by Gasteiger charge is -2.15. The van der Waals surface area contributed by atoms with Crippen molar-refractivity contribution in [2.45, 2.75) is 40.2 Å². The van der Waals surface area contributed by atoms with Crippen LogP contribution in [0.4, 0.5) is 0 Å². The molecule has 5 nitrogen and oxygen atoms in total. The van der Waals surface area contributed by atoms with E-state index in [0.29, 0.717) is 18.8 Å². The Hall–Kier alpha value is -2.30. The summed E-state index contributed by atoms with van der Waals surface area (Å²) < 4.78 is 5.69. The highest BCUT2D eigenvalue weighted by atomic mass is 16.5. The zero-order valence-electron chi connectivity index (χ0n) is 14.1. The topological polar surface area (TPSA) is 65.4 Å². The zero-order valence-corrected chi connectivity index (χ0v) is 14.1. The van der Waals surface area contributed by atoms with Crippen molar-refractivity contribution in [2.24, 2.45) is 5.92 Å². The summed E-state index contributed by atoms with van der Waals surface area (Å²) in [7, 11) is 0. The standard InChI is InChI=1S/C18H25N3O2/c1-4-5-9-23-15-8-6-7-14(11-15)12-21-17(22)16(10-13(2)3)20-18(21)19/h6-8,10-11,13H,4-5,9,12H2,1-3H3,(H2,19,20)/b16-10-. The predicted molar refractivity (Wildman–Crippen MR) is 91.2 cm³/mol. The first-order valence-electron chi connectivity index (χ1n) is 8.12. The molecule has 2 rings (SSSR count). The molecule has 1 aromatic carbocycles. The quantitative estimate of drug-likeness (QED) is 0.599. The molecule has 5 heteroatoms. The van der Waals surface area contributed by atoms with Crippen molar-refractivity contribution >= 4 is 11.9 Å². The fraction of sp³-hybridized carbons (Fsp3) is 0.444. The fourth-order valence-electron chi connectivity index (χ4n) is 2.34. The summed E-state index contributed by atoms with van der Waals surface area (Å²) in [5.74, 6) is 1.03. The second kappa shape index (κ2) is 7.81. The Balaban J connectivity index is 2.05. The third-order valence-electron chi connectivity index (χ3n) is 3.50. The molecule has 2 N–H and O–H groups in total. The van der Waals surface area contributed by atoms with Crippen LogP contribution < -0.4 is 10.1 Å². The summed E-state index contributed by atoms with van der Waals surface area (Å²) in [5, 5.41) is 10.8. The molecule has 1 amide bonds. The maximum absolute atomic E-state index is 12.4. The molecule has 0 aliphatic carbocycles. The van der Waals surface area contributed by atoms with E-state index < -0.39 is 0 Å². The summed E-state index contributed by atoms with van der Waals surface area (Å²) in [6.07, 6.45) is 3.96. The van der Waals surface area contributed by atoms with Crippen LogP contribution in [-0.2, 0) is 11.3 Å². The fourth-order valence-corrected chi connectivity index (χ4v) is 2.34. The summed E-state index contributed by atoms with van der Waals surface area (Å²) >= 11 is 0. The van der Waals surface area contributed by atoms with Crippen molar-refractivity contribution in [3.05, 3.63) is 41.6 Å². The van der Waals surface area contributed by atoms with Crippen LogP contribution in [0.2, 0.25) is 0 Å². The second-order valence-corrected chi connectivity index (χ2v) is 6.04. The molecule has 0 spiro atoms. The summed E-state index contributed by atoms with van der Waals surface area (Å²) in [5.41, 5.74) is 1.44. The molecule has 0 aromatic heterocycles. The van der Waals surface area contributed by atoms with Gasteiger partial charge in [0.2, 0.25) is 5.96 Å². The smallest absolute Gasteiger partial charge is 0.277 e. The Morgan fingerprint density at radius 2 is 2.17 bits per heavy atom. The normalized spacial score (nSPS) is 16.3. The zero-order chi connectivity index (χ0) is 16.8. The lowest BCUT2D eigenvalue weighted by Crippen LogP contribution is -2.30.